The molecule has 5 aliphatic rings. The zero-order valence-electron chi connectivity index (χ0n) is 25.9. The molecule has 4 heteroatoms. The summed E-state index contributed by atoms with van der Waals surface area (Å²) >= 11 is 0. The number of hydrogen-bond acceptors (Lipinski definition) is 4. The van der Waals surface area contributed by atoms with Gasteiger partial charge < -0.3 is 14.9 Å². The summed E-state index contributed by atoms with van der Waals surface area (Å²) in [7, 11) is 0. The minimum Gasteiger partial charge on any atom is -0.393 e. The van der Waals surface area contributed by atoms with Crippen LogP contribution in [0.25, 0.3) is 0 Å². The van der Waals surface area contributed by atoms with Crippen molar-refractivity contribution in [1.29, 1.82) is 0 Å². The second-order valence-electron chi connectivity index (χ2n) is 16.4. The van der Waals surface area contributed by atoms with Gasteiger partial charge in [-0.25, -0.2) is 0 Å². The topological polar surface area (TPSA) is 66.8 Å². The van der Waals surface area contributed by atoms with E-state index in [1.807, 2.05) is 0 Å². The Bertz CT molecular complexity index is 899. The fourth-order valence-electron chi connectivity index (χ4n) is 12.0. The van der Waals surface area contributed by atoms with Crippen molar-refractivity contribution in [3.63, 3.8) is 0 Å². The highest BCUT2D eigenvalue weighted by atomic mass is 16.5. The maximum Gasteiger partial charge on any atom is 0.145 e. The van der Waals surface area contributed by atoms with Crippen LogP contribution >= 0.6 is 0 Å². The van der Waals surface area contributed by atoms with Crippen LogP contribution in [0.2, 0.25) is 0 Å². The third kappa shape index (κ3) is 4.20. The van der Waals surface area contributed by atoms with Gasteiger partial charge in [-0.1, -0.05) is 55.4 Å². The van der Waals surface area contributed by atoms with Crippen LogP contribution in [0.3, 0.4) is 0 Å². The highest BCUT2D eigenvalue weighted by molar-refractivity contribution is 5.89. The molecule has 4 aliphatic carbocycles. The molecule has 2 N–H and O–H groups in total. The molecule has 218 valence electrons. The van der Waals surface area contributed by atoms with Gasteiger partial charge in [0.1, 0.15) is 5.78 Å². The van der Waals surface area contributed by atoms with E-state index in [4.69, 9.17) is 4.74 Å². The number of rotatable bonds is 4. The number of carbonyl (C=O) groups excluding carboxylic acids is 1. The van der Waals surface area contributed by atoms with E-state index < -0.39 is 11.5 Å². The number of carbonyl (C=O) groups is 1. The SMILES string of the molecule is CC(C)CC1CCC(C2CCC(C)C3C(O)C4C(C)[C@]5(C)C(=O)C(C(C)O)C(C)C[C@]5(C)C[C@]4(C)CC23)O1. The summed E-state index contributed by atoms with van der Waals surface area (Å²) in [5.74, 6) is 2.85. The fourth-order valence-corrected chi connectivity index (χ4v) is 12.0. The summed E-state index contributed by atoms with van der Waals surface area (Å²) < 4.78 is 6.76. The number of hydrogen-bond donors (Lipinski definition) is 2. The molecule has 1 aliphatic heterocycles. The first-order valence-corrected chi connectivity index (χ1v) is 16.2. The van der Waals surface area contributed by atoms with Crippen LogP contribution in [0.15, 0.2) is 0 Å². The van der Waals surface area contributed by atoms with E-state index in [1.165, 1.54) is 25.7 Å². The van der Waals surface area contributed by atoms with Gasteiger partial charge >= 0.3 is 0 Å². The van der Waals surface area contributed by atoms with Crippen LogP contribution in [0.1, 0.15) is 114 Å². The van der Waals surface area contributed by atoms with Crippen molar-refractivity contribution in [3.05, 3.63) is 0 Å². The van der Waals surface area contributed by atoms with Gasteiger partial charge in [0.05, 0.1) is 24.4 Å². The lowest BCUT2D eigenvalue weighted by atomic mass is 9.34. The summed E-state index contributed by atoms with van der Waals surface area (Å²) in [5.41, 5.74) is -0.625. The lowest BCUT2D eigenvalue weighted by molar-refractivity contribution is -0.239. The van der Waals surface area contributed by atoms with Crippen molar-refractivity contribution in [2.24, 2.45) is 69.5 Å². The standard InChI is InChI=1S/C34H58O4/c1-18(2)14-23-11-13-26(38-23)24-12-10-19(3)28-25(24)16-32(7)17-33(8)15-20(4)27(22(6)35)31(37)34(33,9)21(5)29(32)30(28)36/h18-30,35-36H,10-17H2,1-9H3/t19?,20?,21?,22?,23?,24?,25?,26?,27?,28?,29?,30?,32-,33+,34+/m0/s1. The van der Waals surface area contributed by atoms with Gasteiger partial charge in [-0.3, -0.25) is 4.79 Å². The molecule has 38 heavy (non-hydrogen) atoms. The molecule has 0 bridgehead atoms. The van der Waals surface area contributed by atoms with E-state index in [1.54, 1.807) is 6.92 Å². The van der Waals surface area contributed by atoms with E-state index in [9.17, 15) is 15.0 Å². The Labute approximate surface area is 233 Å². The molecule has 0 aromatic rings. The van der Waals surface area contributed by atoms with E-state index >= 15 is 0 Å². The van der Waals surface area contributed by atoms with Crippen molar-refractivity contribution >= 4 is 5.78 Å². The molecule has 0 spiro atoms. The minimum absolute atomic E-state index is 0.0111. The molecule has 5 fully saturated rings. The molecule has 0 amide bonds. The molecule has 0 aromatic heterocycles. The Morgan fingerprint density at radius 3 is 2.26 bits per heavy atom. The molecular formula is C34H58O4. The van der Waals surface area contributed by atoms with E-state index in [-0.39, 0.29) is 46.4 Å². The van der Waals surface area contributed by atoms with E-state index in [0.717, 1.165) is 25.7 Å². The van der Waals surface area contributed by atoms with Crippen LogP contribution in [0, 0.1) is 69.5 Å². The van der Waals surface area contributed by atoms with Crippen molar-refractivity contribution in [3.8, 4) is 0 Å². The second kappa shape index (κ2) is 9.83. The van der Waals surface area contributed by atoms with Crippen LogP contribution in [0.5, 0.6) is 0 Å². The van der Waals surface area contributed by atoms with Gasteiger partial charge in [0, 0.05) is 11.3 Å². The zero-order valence-corrected chi connectivity index (χ0v) is 25.9. The summed E-state index contributed by atoms with van der Waals surface area (Å²) in [6.07, 6.45) is 8.80. The lowest BCUT2D eigenvalue weighted by Gasteiger charge is -2.70. The van der Waals surface area contributed by atoms with Gasteiger partial charge in [0.15, 0.2) is 0 Å². The lowest BCUT2D eigenvalue weighted by Crippen LogP contribution is -2.69. The quantitative estimate of drug-likeness (QED) is 0.415. The predicted molar refractivity (Wildman–Crippen MR) is 152 cm³/mol. The van der Waals surface area contributed by atoms with Gasteiger partial charge in [0.25, 0.3) is 0 Å². The highest BCUT2D eigenvalue weighted by Gasteiger charge is 2.70. The van der Waals surface area contributed by atoms with Crippen LogP contribution in [-0.2, 0) is 9.53 Å². The van der Waals surface area contributed by atoms with Crippen LogP contribution in [-0.4, -0.2) is 40.4 Å². The number of aliphatic hydroxyl groups is 2. The Morgan fingerprint density at radius 2 is 1.63 bits per heavy atom. The summed E-state index contributed by atoms with van der Waals surface area (Å²) in [5, 5.41) is 23.0. The monoisotopic (exact) mass is 530 g/mol. The first-order valence-electron chi connectivity index (χ1n) is 16.2. The molecule has 12 unspecified atom stereocenters. The van der Waals surface area contributed by atoms with Crippen molar-refractivity contribution in [2.45, 2.75) is 138 Å². The minimum atomic E-state index is -0.620. The Kier molecular flexibility index (Phi) is 7.52. The van der Waals surface area contributed by atoms with Crippen molar-refractivity contribution in [1.82, 2.24) is 0 Å². The Balaban J connectivity index is 1.48. The van der Waals surface area contributed by atoms with Gasteiger partial charge in [-0.2, -0.15) is 0 Å². The van der Waals surface area contributed by atoms with Gasteiger partial charge in [-0.15, -0.1) is 0 Å². The zero-order chi connectivity index (χ0) is 27.9. The summed E-state index contributed by atoms with van der Waals surface area (Å²) in [6, 6.07) is 0. The summed E-state index contributed by atoms with van der Waals surface area (Å²) in [6.45, 7) is 20.2. The Hall–Kier alpha value is -0.450. The molecule has 5 rings (SSSR count). The van der Waals surface area contributed by atoms with Gasteiger partial charge in [-0.05, 0) is 116 Å². The Morgan fingerprint density at radius 1 is 0.947 bits per heavy atom. The molecular weight excluding hydrogens is 472 g/mol. The van der Waals surface area contributed by atoms with Crippen molar-refractivity contribution < 1.29 is 19.7 Å². The average molecular weight is 531 g/mol. The fraction of sp³-hybridized carbons (Fsp3) is 0.971. The number of fused-ring (bicyclic) bond motifs is 3. The number of aliphatic hydroxyl groups excluding tert-OH is 2. The third-order valence-electron chi connectivity index (χ3n) is 13.5. The summed E-state index contributed by atoms with van der Waals surface area (Å²) in [4.78, 5) is 14.3. The second-order valence-corrected chi connectivity index (χ2v) is 16.4. The van der Waals surface area contributed by atoms with Crippen LogP contribution in [0.4, 0.5) is 0 Å². The number of ketones is 1. The molecule has 1 heterocycles. The van der Waals surface area contributed by atoms with Gasteiger partial charge in [0.2, 0.25) is 0 Å². The number of Topliss-reactive ketones (excluding diaryl/α,β-unsaturated/α-hetero) is 1. The normalized spacial score (nSPS) is 55.8. The molecule has 4 saturated carbocycles. The smallest absolute Gasteiger partial charge is 0.145 e. The first kappa shape index (κ1) is 29.1. The maximum absolute atomic E-state index is 14.3. The molecule has 0 radical (unpaired) electrons. The van der Waals surface area contributed by atoms with E-state index in [0.29, 0.717) is 41.8 Å². The molecule has 4 nitrogen and oxygen atoms in total. The number of ether oxygens (including phenoxy) is 1. The highest BCUT2D eigenvalue weighted by Crippen LogP contribution is 2.72. The average Bonchev–Trinajstić information content (AvgIpc) is 3.23. The molecule has 0 aromatic carbocycles. The first-order chi connectivity index (χ1) is 17.6. The van der Waals surface area contributed by atoms with E-state index in [2.05, 4.69) is 55.4 Å². The molecule has 1 saturated heterocycles. The largest absolute Gasteiger partial charge is 0.393 e. The third-order valence-corrected chi connectivity index (χ3v) is 13.5. The van der Waals surface area contributed by atoms with Crippen LogP contribution < -0.4 is 0 Å². The molecule has 15 atom stereocenters. The predicted octanol–water partition coefficient (Wildman–Crippen LogP) is 6.90. The maximum atomic E-state index is 14.3. The van der Waals surface area contributed by atoms with Crippen molar-refractivity contribution in [2.75, 3.05) is 0 Å².